The second-order valence-corrected chi connectivity index (χ2v) is 5.49. The van der Waals surface area contributed by atoms with Gasteiger partial charge in [0, 0.05) is 11.6 Å². The lowest BCUT2D eigenvalue weighted by molar-refractivity contribution is 0.379. The van der Waals surface area contributed by atoms with Gasteiger partial charge in [0.05, 0.1) is 7.11 Å². The van der Waals surface area contributed by atoms with Gasteiger partial charge in [0.25, 0.3) is 0 Å². The van der Waals surface area contributed by atoms with Crippen molar-refractivity contribution >= 4 is 0 Å². The second kappa shape index (κ2) is 6.38. The Labute approximate surface area is 115 Å². The summed E-state index contributed by atoms with van der Waals surface area (Å²) in [5.74, 6) is 1.55. The average molecular weight is 265 g/mol. The first kappa shape index (κ1) is 14.3. The van der Waals surface area contributed by atoms with E-state index in [9.17, 15) is 4.39 Å². The van der Waals surface area contributed by atoms with Crippen LogP contribution in [0.5, 0.6) is 5.75 Å². The Morgan fingerprint density at radius 3 is 2.84 bits per heavy atom. The Bertz CT molecular complexity index is 421. The molecule has 2 rings (SSSR count). The van der Waals surface area contributed by atoms with Crippen molar-refractivity contribution in [1.29, 1.82) is 0 Å². The summed E-state index contributed by atoms with van der Waals surface area (Å²) in [7, 11) is 1.66. The Morgan fingerprint density at radius 2 is 2.16 bits per heavy atom. The van der Waals surface area contributed by atoms with Gasteiger partial charge in [0.1, 0.15) is 11.6 Å². The molecular formula is C16H24FNO. The van der Waals surface area contributed by atoms with E-state index in [2.05, 4.69) is 19.2 Å². The third-order valence-corrected chi connectivity index (χ3v) is 4.31. The van der Waals surface area contributed by atoms with Gasteiger partial charge >= 0.3 is 0 Å². The fourth-order valence-corrected chi connectivity index (χ4v) is 3.22. The molecule has 106 valence electrons. The molecular weight excluding hydrogens is 241 g/mol. The molecule has 0 aliphatic heterocycles. The molecule has 0 bridgehead atoms. The zero-order valence-electron chi connectivity index (χ0n) is 12.1. The molecule has 2 nitrogen and oxygen atoms in total. The predicted molar refractivity (Wildman–Crippen MR) is 76.2 cm³/mol. The van der Waals surface area contributed by atoms with E-state index >= 15 is 0 Å². The van der Waals surface area contributed by atoms with Crippen LogP contribution >= 0.6 is 0 Å². The number of hydrogen-bond donors (Lipinski definition) is 1. The molecule has 1 aromatic rings. The topological polar surface area (TPSA) is 21.3 Å². The van der Waals surface area contributed by atoms with Crippen LogP contribution in [-0.4, -0.2) is 19.7 Å². The summed E-state index contributed by atoms with van der Waals surface area (Å²) in [6.07, 6.45) is 3.41. The molecule has 0 spiro atoms. The Hall–Kier alpha value is -1.09. The van der Waals surface area contributed by atoms with Gasteiger partial charge in [0.15, 0.2) is 0 Å². The van der Waals surface area contributed by atoms with E-state index in [0.717, 1.165) is 37.1 Å². The van der Waals surface area contributed by atoms with Crippen molar-refractivity contribution in [2.75, 3.05) is 13.7 Å². The fourth-order valence-electron chi connectivity index (χ4n) is 3.22. The predicted octanol–water partition coefficient (Wildman–Crippen LogP) is 3.72. The third-order valence-electron chi connectivity index (χ3n) is 4.31. The first-order valence-electron chi connectivity index (χ1n) is 7.24. The van der Waals surface area contributed by atoms with Gasteiger partial charge < -0.3 is 10.1 Å². The van der Waals surface area contributed by atoms with Gasteiger partial charge in [-0.1, -0.05) is 13.8 Å². The average Bonchev–Trinajstić information content (AvgIpc) is 2.77. The number of benzene rings is 1. The van der Waals surface area contributed by atoms with Gasteiger partial charge in [-0.2, -0.15) is 0 Å². The number of hydrogen-bond acceptors (Lipinski definition) is 2. The summed E-state index contributed by atoms with van der Waals surface area (Å²) in [5.41, 5.74) is 1.02. The summed E-state index contributed by atoms with van der Waals surface area (Å²) < 4.78 is 18.9. The number of ether oxygens (including phenoxy) is 1. The van der Waals surface area contributed by atoms with Gasteiger partial charge in [-0.15, -0.1) is 0 Å². The molecule has 0 aromatic heterocycles. The number of halogens is 1. The van der Waals surface area contributed by atoms with Crippen LogP contribution < -0.4 is 10.1 Å². The quantitative estimate of drug-likeness (QED) is 0.876. The molecule has 0 amide bonds. The lowest BCUT2D eigenvalue weighted by atomic mass is 9.88. The minimum atomic E-state index is -0.173. The SMILES string of the molecule is CCCNC1CCC(c2cc(F)ccc2OC)C1C. The normalized spacial score (nSPS) is 26.6. The van der Waals surface area contributed by atoms with Gasteiger partial charge in [-0.05, 0) is 55.8 Å². The maximum atomic E-state index is 13.5. The van der Waals surface area contributed by atoms with Crippen molar-refractivity contribution in [3.8, 4) is 5.75 Å². The molecule has 0 radical (unpaired) electrons. The van der Waals surface area contributed by atoms with Gasteiger partial charge in [-0.3, -0.25) is 0 Å². The number of methoxy groups -OCH3 is 1. The number of nitrogens with one attached hydrogen (secondary N) is 1. The largest absolute Gasteiger partial charge is 0.496 e. The highest BCUT2D eigenvalue weighted by Crippen LogP contribution is 2.43. The van der Waals surface area contributed by atoms with Crippen LogP contribution in [0.3, 0.4) is 0 Å². The van der Waals surface area contributed by atoms with E-state index in [1.54, 1.807) is 19.2 Å². The minimum absolute atomic E-state index is 0.173. The maximum absolute atomic E-state index is 13.5. The molecule has 1 saturated carbocycles. The molecule has 1 aliphatic rings. The lowest BCUT2D eigenvalue weighted by Crippen LogP contribution is -2.32. The standard InChI is InChI=1S/C16H24FNO/c1-4-9-18-15-7-6-13(11(15)2)14-10-12(17)5-8-16(14)19-3/h5,8,10-11,13,15,18H,4,6-7,9H2,1-3H3. The van der Waals surface area contributed by atoms with Crippen LogP contribution in [0.25, 0.3) is 0 Å². The summed E-state index contributed by atoms with van der Waals surface area (Å²) in [4.78, 5) is 0. The van der Waals surface area contributed by atoms with E-state index < -0.39 is 0 Å². The lowest BCUT2D eigenvalue weighted by Gasteiger charge is -2.23. The molecule has 0 heterocycles. The molecule has 0 saturated heterocycles. The van der Waals surface area contributed by atoms with Crippen LogP contribution in [0.4, 0.5) is 4.39 Å². The highest BCUT2D eigenvalue weighted by atomic mass is 19.1. The van der Waals surface area contributed by atoms with Crippen molar-refractivity contribution in [1.82, 2.24) is 5.32 Å². The molecule has 1 aliphatic carbocycles. The smallest absolute Gasteiger partial charge is 0.123 e. The van der Waals surface area contributed by atoms with Crippen LogP contribution in [-0.2, 0) is 0 Å². The zero-order chi connectivity index (χ0) is 13.8. The summed E-state index contributed by atoms with van der Waals surface area (Å²) >= 11 is 0. The fraction of sp³-hybridized carbons (Fsp3) is 0.625. The van der Waals surface area contributed by atoms with Gasteiger partial charge in [0.2, 0.25) is 0 Å². The summed E-state index contributed by atoms with van der Waals surface area (Å²) in [5, 5.41) is 3.60. The van der Waals surface area contributed by atoms with E-state index in [1.165, 1.54) is 6.07 Å². The molecule has 1 N–H and O–H groups in total. The van der Waals surface area contributed by atoms with Crippen LogP contribution in [0, 0.1) is 11.7 Å². The Morgan fingerprint density at radius 1 is 1.37 bits per heavy atom. The van der Waals surface area contributed by atoms with E-state index in [4.69, 9.17) is 4.74 Å². The molecule has 1 aromatic carbocycles. The molecule has 19 heavy (non-hydrogen) atoms. The maximum Gasteiger partial charge on any atom is 0.123 e. The van der Waals surface area contributed by atoms with Crippen molar-refractivity contribution in [2.24, 2.45) is 5.92 Å². The Balaban J connectivity index is 2.16. The number of rotatable bonds is 5. The Kier molecular flexibility index (Phi) is 4.81. The monoisotopic (exact) mass is 265 g/mol. The molecule has 3 atom stereocenters. The highest BCUT2D eigenvalue weighted by molar-refractivity contribution is 5.38. The minimum Gasteiger partial charge on any atom is -0.496 e. The first-order chi connectivity index (χ1) is 9.17. The van der Waals surface area contributed by atoms with E-state index in [0.29, 0.717) is 17.9 Å². The van der Waals surface area contributed by atoms with E-state index in [1.807, 2.05) is 0 Å². The molecule has 1 fully saturated rings. The van der Waals surface area contributed by atoms with Crippen molar-refractivity contribution < 1.29 is 9.13 Å². The van der Waals surface area contributed by atoms with Crippen LogP contribution in [0.1, 0.15) is 44.6 Å². The van der Waals surface area contributed by atoms with Crippen molar-refractivity contribution in [2.45, 2.75) is 45.1 Å². The zero-order valence-corrected chi connectivity index (χ0v) is 12.1. The first-order valence-corrected chi connectivity index (χ1v) is 7.24. The highest BCUT2D eigenvalue weighted by Gasteiger charge is 2.34. The van der Waals surface area contributed by atoms with Crippen molar-refractivity contribution in [3.63, 3.8) is 0 Å². The summed E-state index contributed by atoms with van der Waals surface area (Å²) in [6.45, 7) is 5.50. The van der Waals surface area contributed by atoms with Gasteiger partial charge in [-0.25, -0.2) is 4.39 Å². The van der Waals surface area contributed by atoms with E-state index in [-0.39, 0.29) is 5.82 Å². The molecule has 3 unspecified atom stereocenters. The van der Waals surface area contributed by atoms with Crippen LogP contribution in [0.2, 0.25) is 0 Å². The summed E-state index contributed by atoms with van der Waals surface area (Å²) in [6, 6.07) is 5.39. The van der Waals surface area contributed by atoms with Crippen LogP contribution in [0.15, 0.2) is 18.2 Å². The second-order valence-electron chi connectivity index (χ2n) is 5.49. The third kappa shape index (κ3) is 3.08. The molecule has 3 heteroatoms. The van der Waals surface area contributed by atoms with Crippen molar-refractivity contribution in [3.05, 3.63) is 29.6 Å².